The lowest BCUT2D eigenvalue weighted by atomic mass is 9.95. The monoisotopic (exact) mass is 311 g/mol. The molecule has 0 aliphatic carbocycles. The van der Waals surface area contributed by atoms with Crippen LogP contribution in [0, 0.1) is 6.42 Å². The minimum atomic E-state index is -1.19. The van der Waals surface area contributed by atoms with Crippen molar-refractivity contribution in [2.45, 2.75) is 18.9 Å². The fourth-order valence-corrected chi connectivity index (χ4v) is 2.32. The van der Waals surface area contributed by atoms with Gasteiger partial charge in [-0.15, -0.1) is 0 Å². The molecule has 0 unspecified atom stereocenters. The number of hydrogen-bond acceptors (Lipinski definition) is 3. The summed E-state index contributed by atoms with van der Waals surface area (Å²) in [5.41, 5.74) is 13.5. The van der Waals surface area contributed by atoms with Gasteiger partial charge < -0.3 is 16.6 Å². The molecule has 0 heterocycles. The molecule has 2 rings (SSSR count). The molecule has 2 aromatic carbocycles. The second-order valence-electron chi connectivity index (χ2n) is 5.26. The molecule has 0 bridgehead atoms. The molecule has 0 spiro atoms. The number of benzene rings is 2. The van der Waals surface area contributed by atoms with E-state index in [9.17, 15) is 14.7 Å². The van der Waals surface area contributed by atoms with Gasteiger partial charge in [0, 0.05) is 5.56 Å². The van der Waals surface area contributed by atoms with Gasteiger partial charge in [-0.2, -0.15) is 0 Å². The molecule has 0 aromatic heterocycles. The average Bonchev–Trinajstić information content (AvgIpc) is 2.55. The largest absolute Gasteiger partial charge is 0.383 e. The maximum Gasteiger partial charge on any atom is 0.249 e. The third kappa shape index (κ3) is 4.40. The Morgan fingerprint density at radius 1 is 1.09 bits per heavy atom. The van der Waals surface area contributed by atoms with Gasteiger partial charge in [0.15, 0.2) is 0 Å². The summed E-state index contributed by atoms with van der Waals surface area (Å²) in [6.07, 6.45) is 1.23. The van der Waals surface area contributed by atoms with Crippen LogP contribution in [-0.4, -0.2) is 23.0 Å². The standard InChI is InChI=1S/C18H19N2O3/c19-17(22)15-11-12(5-4-8-16(21)18(20)23)9-10-14(15)13-6-2-1-3-7-13/h1-4,6-7,9-11,16,21H,5,8H2,(H2,19,22)(H2,20,23)/t16-/m1/s1. The van der Waals surface area contributed by atoms with Crippen LogP contribution >= 0.6 is 0 Å². The fourth-order valence-electron chi connectivity index (χ4n) is 2.32. The summed E-state index contributed by atoms with van der Waals surface area (Å²) in [5.74, 6) is -1.25. The molecule has 0 saturated carbocycles. The predicted molar refractivity (Wildman–Crippen MR) is 88.2 cm³/mol. The Labute approximate surface area is 134 Å². The Balaban J connectivity index is 2.17. The lowest BCUT2D eigenvalue weighted by Crippen LogP contribution is -2.28. The molecule has 0 saturated heterocycles. The fraction of sp³-hybridized carbons (Fsp3) is 0.167. The zero-order valence-electron chi connectivity index (χ0n) is 12.6. The first-order valence-corrected chi connectivity index (χ1v) is 7.26. The molecular formula is C18H19N2O3. The Morgan fingerprint density at radius 2 is 1.78 bits per heavy atom. The van der Waals surface area contributed by atoms with Gasteiger partial charge in [0.2, 0.25) is 11.8 Å². The quantitative estimate of drug-likeness (QED) is 0.720. The molecule has 1 atom stereocenters. The van der Waals surface area contributed by atoms with E-state index in [4.69, 9.17) is 11.5 Å². The first-order valence-electron chi connectivity index (χ1n) is 7.26. The van der Waals surface area contributed by atoms with Crippen molar-refractivity contribution >= 4 is 11.8 Å². The van der Waals surface area contributed by atoms with E-state index in [1.54, 1.807) is 12.5 Å². The second-order valence-corrected chi connectivity index (χ2v) is 5.26. The molecule has 0 aliphatic rings. The van der Waals surface area contributed by atoms with Gasteiger partial charge in [0.25, 0.3) is 0 Å². The molecule has 5 heteroatoms. The van der Waals surface area contributed by atoms with Crippen LogP contribution in [0.5, 0.6) is 0 Å². The maximum absolute atomic E-state index is 11.7. The number of aliphatic hydroxyl groups excluding tert-OH is 1. The molecular weight excluding hydrogens is 292 g/mol. The smallest absolute Gasteiger partial charge is 0.249 e. The number of hydrogen-bond donors (Lipinski definition) is 3. The van der Waals surface area contributed by atoms with E-state index in [1.807, 2.05) is 42.5 Å². The van der Waals surface area contributed by atoms with Crippen LogP contribution in [0.2, 0.25) is 0 Å². The second kappa shape index (κ2) is 7.56. The van der Waals surface area contributed by atoms with E-state index in [0.717, 1.165) is 16.7 Å². The van der Waals surface area contributed by atoms with Crippen molar-refractivity contribution in [3.63, 3.8) is 0 Å². The van der Waals surface area contributed by atoms with Gasteiger partial charge >= 0.3 is 0 Å². The van der Waals surface area contributed by atoms with Crippen molar-refractivity contribution in [1.29, 1.82) is 0 Å². The molecule has 23 heavy (non-hydrogen) atoms. The highest BCUT2D eigenvalue weighted by atomic mass is 16.3. The number of nitrogens with two attached hydrogens (primary N) is 2. The minimum Gasteiger partial charge on any atom is -0.383 e. The molecule has 2 aromatic rings. The van der Waals surface area contributed by atoms with Gasteiger partial charge in [-0.1, -0.05) is 42.5 Å². The summed E-state index contributed by atoms with van der Waals surface area (Å²) in [7, 11) is 0. The van der Waals surface area contributed by atoms with Crippen LogP contribution in [0.3, 0.4) is 0 Å². The average molecular weight is 311 g/mol. The molecule has 2 amide bonds. The summed E-state index contributed by atoms with van der Waals surface area (Å²) < 4.78 is 0. The van der Waals surface area contributed by atoms with Gasteiger partial charge in [0.1, 0.15) is 6.10 Å². The first-order chi connectivity index (χ1) is 11.0. The SMILES string of the molecule is NC(=O)c1cc(C[CH]C[C@@H](O)C(N)=O)ccc1-c1ccccc1. The molecule has 0 aliphatic heterocycles. The van der Waals surface area contributed by atoms with E-state index in [2.05, 4.69) is 0 Å². The van der Waals surface area contributed by atoms with Gasteiger partial charge in [-0.05, 0) is 42.0 Å². The summed E-state index contributed by atoms with van der Waals surface area (Å²) in [4.78, 5) is 22.5. The van der Waals surface area contributed by atoms with E-state index >= 15 is 0 Å². The Kier molecular flexibility index (Phi) is 5.49. The molecule has 5 N–H and O–H groups in total. The summed E-state index contributed by atoms with van der Waals surface area (Å²) in [6.45, 7) is 0. The van der Waals surface area contributed by atoms with Crippen LogP contribution < -0.4 is 11.5 Å². The molecule has 5 nitrogen and oxygen atoms in total. The predicted octanol–water partition coefficient (Wildman–Crippen LogP) is 1.44. The van der Waals surface area contributed by atoms with E-state index in [-0.39, 0.29) is 6.42 Å². The summed E-state index contributed by atoms with van der Waals surface area (Å²) in [6, 6.07) is 15.0. The van der Waals surface area contributed by atoms with Crippen molar-refractivity contribution in [2.24, 2.45) is 11.5 Å². The summed E-state index contributed by atoms with van der Waals surface area (Å²) in [5, 5.41) is 9.36. The zero-order valence-corrected chi connectivity index (χ0v) is 12.6. The number of primary amides is 2. The third-order valence-corrected chi connectivity index (χ3v) is 3.53. The Hall–Kier alpha value is -2.66. The molecule has 1 radical (unpaired) electrons. The number of aliphatic hydroxyl groups is 1. The summed E-state index contributed by atoms with van der Waals surface area (Å²) >= 11 is 0. The van der Waals surface area contributed by atoms with Crippen molar-refractivity contribution in [1.82, 2.24) is 0 Å². The first kappa shape index (κ1) is 16.7. The van der Waals surface area contributed by atoms with Crippen molar-refractivity contribution in [2.75, 3.05) is 0 Å². The zero-order chi connectivity index (χ0) is 16.8. The van der Waals surface area contributed by atoms with Crippen LogP contribution in [0.15, 0.2) is 48.5 Å². The molecule has 119 valence electrons. The van der Waals surface area contributed by atoms with Gasteiger partial charge in [0.05, 0.1) is 0 Å². The number of rotatable bonds is 7. The van der Waals surface area contributed by atoms with Crippen LogP contribution in [0.4, 0.5) is 0 Å². The topological polar surface area (TPSA) is 106 Å². The molecule has 0 fully saturated rings. The van der Waals surface area contributed by atoms with E-state index in [0.29, 0.717) is 12.0 Å². The maximum atomic E-state index is 11.7. The Morgan fingerprint density at radius 3 is 2.39 bits per heavy atom. The Bertz CT molecular complexity index is 699. The van der Waals surface area contributed by atoms with Crippen LogP contribution in [0.25, 0.3) is 11.1 Å². The number of carbonyl (C=O) groups excluding carboxylic acids is 2. The van der Waals surface area contributed by atoms with Crippen LogP contribution in [-0.2, 0) is 11.2 Å². The number of carbonyl (C=O) groups is 2. The van der Waals surface area contributed by atoms with Crippen molar-refractivity contribution in [3.8, 4) is 11.1 Å². The van der Waals surface area contributed by atoms with E-state index in [1.165, 1.54) is 0 Å². The normalized spacial score (nSPS) is 11.9. The highest BCUT2D eigenvalue weighted by Crippen LogP contribution is 2.25. The highest BCUT2D eigenvalue weighted by Gasteiger charge is 2.13. The lowest BCUT2D eigenvalue weighted by molar-refractivity contribution is -0.125. The number of amides is 2. The van der Waals surface area contributed by atoms with Crippen molar-refractivity contribution in [3.05, 3.63) is 66.1 Å². The lowest BCUT2D eigenvalue weighted by Gasteiger charge is -2.10. The third-order valence-electron chi connectivity index (χ3n) is 3.53. The minimum absolute atomic E-state index is 0.168. The van der Waals surface area contributed by atoms with Crippen molar-refractivity contribution < 1.29 is 14.7 Å². The van der Waals surface area contributed by atoms with Gasteiger partial charge in [-0.3, -0.25) is 9.59 Å². The highest BCUT2D eigenvalue weighted by molar-refractivity contribution is 6.00. The van der Waals surface area contributed by atoms with Gasteiger partial charge in [-0.25, -0.2) is 0 Å². The van der Waals surface area contributed by atoms with Crippen LogP contribution in [0.1, 0.15) is 22.3 Å². The van der Waals surface area contributed by atoms with E-state index < -0.39 is 17.9 Å².